The monoisotopic (exact) mass is 560 g/mol. The molecule has 4 aromatic rings. The van der Waals surface area contributed by atoms with E-state index in [2.05, 4.69) is 10.5 Å². The number of nitrogens with one attached hydrogen (secondary N) is 1. The summed E-state index contributed by atoms with van der Waals surface area (Å²) in [6.45, 7) is 0.273. The standard InChI is InChI=1S/C29H28N4O8/c1-38-23-9-7-19(8-10-23)16-30-28(34)27-15-26(41-31-27)18-32(17-20-11-24(39-2)14-25(12-20)40-3)29(35)21-5-4-6-22(13-21)33(36)37/h4-15H,16-18H2,1-3H3,(H,30,34). The SMILES string of the molecule is COc1ccc(CNC(=O)c2cc(CN(Cc3cc(OC)cc(OC)c3)C(=O)c3cccc([N+](=O)[O-])c3)on2)cc1. The number of methoxy groups -OCH3 is 3. The Bertz CT molecular complexity index is 1510. The largest absolute Gasteiger partial charge is 0.497 e. The van der Waals surface area contributed by atoms with Crippen molar-refractivity contribution >= 4 is 17.5 Å². The Morgan fingerprint density at radius 2 is 1.56 bits per heavy atom. The van der Waals surface area contributed by atoms with E-state index >= 15 is 0 Å². The van der Waals surface area contributed by atoms with Gasteiger partial charge in [0.1, 0.15) is 17.2 Å². The highest BCUT2D eigenvalue weighted by molar-refractivity contribution is 5.95. The maximum absolute atomic E-state index is 13.6. The van der Waals surface area contributed by atoms with E-state index in [-0.39, 0.29) is 42.3 Å². The molecule has 2 amide bonds. The summed E-state index contributed by atoms with van der Waals surface area (Å²) in [5.41, 5.74) is 1.49. The van der Waals surface area contributed by atoms with Crippen molar-refractivity contribution in [3.8, 4) is 17.2 Å². The number of carbonyl (C=O) groups excluding carboxylic acids is 2. The van der Waals surface area contributed by atoms with Crippen LogP contribution in [0.3, 0.4) is 0 Å². The third-order valence-electron chi connectivity index (χ3n) is 6.13. The summed E-state index contributed by atoms with van der Waals surface area (Å²) < 4.78 is 21.2. The molecule has 0 aliphatic rings. The third-order valence-corrected chi connectivity index (χ3v) is 6.13. The fourth-order valence-electron chi connectivity index (χ4n) is 4.01. The topological polar surface area (TPSA) is 146 Å². The van der Waals surface area contributed by atoms with Gasteiger partial charge >= 0.3 is 0 Å². The van der Waals surface area contributed by atoms with Gasteiger partial charge in [-0.2, -0.15) is 0 Å². The number of carbonyl (C=O) groups is 2. The Morgan fingerprint density at radius 3 is 2.20 bits per heavy atom. The molecule has 1 N–H and O–H groups in total. The summed E-state index contributed by atoms with van der Waals surface area (Å²) in [6, 6.07) is 19.3. The van der Waals surface area contributed by atoms with Gasteiger partial charge in [-0.25, -0.2) is 0 Å². The van der Waals surface area contributed by atoms with Gasteiger partial charge in [0.2, 0.25) is 0 Å². The summed E-state index contributed by atoms with van der Waals surface area (Å²) >= 11 is 0. The number of amides is 2. The average Bonchev–Trinajstić information content (AvgIpc) is 3.47. The lowest BCUT2D eigenvalue weighted by Crippen LogP contribution is -2.30. The first kappa shape index (κ1) is 28.6. The average molecular weight is 561 g/mol. The molecule has 212 valence electrons. The van der Waals surface area contributed by atoms with Gasteiger partial charge in [-0.05, 0) is 41.5 Å². The molecular formula is C29H28N4O8. The normalized spacial score (nSPS) is 10.5. The molecule has 0 radical (unpaired) electrons. The van der Waals surface area contributed by atoms with E-state index in [1.54, 1.807) is 37.4 Å². The molecule has 0 saturated carbocycles. The number of nitro benzene ring substituents is 1. The van der Waals surface area contributed by atoms with E-state index in [9.17, 15) is 19.7 Å². The van der Waals surface area contributed by atoms with Crippen LogP contribution in [-0.4, -0.2) is 48.1 Å². The van der Waals surface area contributed by atoms with Crippen molar-refractivity contribution in [3.05, 3.63) is 111 Å². The fourth-order valence-corrected chi connectivity index (χ4v) is 4.01. The van der Waals surface area contributed by atoms with Gasteiger partial charge in [0.15, 0.2) is 11.5 Å². The molecule has 0 aliphatic carbocycles. The van der Waals surface area contributed by atoms with E-state index < -0.39 is 16.7 Å². The Kier molecular flexibility index (Phi) is 9.15. The highest BCUT2D eigenvalue weighted by Gasteiger charge is 2.22. The van der Waals surface area contributed by atoms with E-state index in [0.717, 1.165) is 5.56 Å². The molecule has 0 bridgehead atoms. The number of benzene rings is 3. The number of rotatable bonds is 12. The van der Waals surface area contributed by atoms with Crippen LogP contribution >= 0.6 is 0 Å². The van der Waals surface area contributed by atoms with Crippen LogP contribution in [0.25, 0.3) is 0 Å². The van der Waals surface area contributed by atoms with Crippen LogP contribution in [0.5, 0.6) is 17.2 Å². The summed E-state index contributed by atoms with van der Waals surface area (Å²) in [6.07, 6.45) is 0. The first-order valence-electron chi connectivity index (χ1n) is 12.4. The van der Waals surface area contributed by atoms with Crippen molar-refractivity contribution in [3.63, 3.8) is 0 Å². The second-order valence-corrected chi connectivity index (χ2v) is 8.90. The predicted molar refractivity (Wildman–Crippen MR) is 147 cm³/mol. The van der Waals surface area contributed by atoms with Gasteiger partial charge in [-0.3, -0.25) is 19.7 Å². The molecule has 3 aromatic carbocycles. The fraction of sp³-hybridized carbons (Fsp3) is 0.207. The van der Waals surface area contributed by atoms with E-state index in [1.807, 2.05) is 12.1 Å². The van der Waals surface area contributed by atoms with Gasteiger partial charge in [0, 0.05) is 42.9 Å². The molecule has 0 saturated heterocycles. The van der Waals surface area contributed by atoms with Crippen LogP contribution in [0.1, 0.15) is 37.7 Å². The van der Waals surface area contributed by atoms with Crippen LogP contribution in [0.2, 0.25) is 0 Å². The zero-order valence-electron chi connectivity index (χ0n) is 22.7. The van der Waals surface area contributed by atoms with Crippen LogP contribution in [0.4, 0.5) is 5.69 Å². The first-order valence-corrected chi connectivity index (χ1v) is 12.4. The molecular weight excluding hydrogens is 532 g/mol. The third kappa shape index (κ3) is 7.38. The second kappa shape index (κ2) is 13.1. The first-order chi connectivity index (χ1) is 19.8. The summed E-state index contributed by atoms with van der Waals surface area (Å²) in [7, 11) is 4.60. The quantitative estimate of drug-likeness (QED) is 0.197. The molecule has 41 heavy (non-hydrogen) atoms. The Balaban J connectivity index is 1.54. The van der Waals surface area contributed by atoms with Crippen LogP contribution in [0.15, 0.2) is 77.3 Å². The predicted octanol–water partition coefficient (Wildman–Crippen LogP) is 4.38. The van der Waals surface area contributed by atoms with Crippen LogP contribution in [0, 0.1) is 10.1 Å². The molecule has 12 nitrogen and oxygen atoms in total. The minimum absolute atomic E-state index is 0.0410. The molecule has 4 rings (SSSR count). The smallest absolute Gasteiger partial charge is 0.273 e. The summed E-state index contributed by atoms with van der Waals surface area (Å²) in [5, 5.41) is 17.9. The maximum atomic E-state index is 13.6. The van der Waals surface area contributed by atoms with Crippen molar-refractivity contribution in [2.45, 2.75) is 19.6 Å². The highest BCUT2D eigenvalue weighted by Crippen LogP contribution is 2.25. The summed E-state index contributed by atoms with van der Waals surface area (Å²) in [5.74, 6) is 1.06. The van der Waals surface area contributed by atoms with Gasteiger partial charge in [0.25, 0.3) is 17.5 Å². The Labute approximate surface area is 235 Å². The van der Waals surface area contributed by atoms with E-state index in [0.29, 0.717) is 22.8 Å². The Morgan fingerprint density at radius 1 is 0.878 bits per heavy atom. The molecule has 0 fully saturated rings. The number of hydrogen-bond acceptors (Lipinski definition) is 9. The highest BCUT2D eigenvalue weighted by atomic mass is 16.6. The van der Waals surface area contributed by atoms with Crippen molar-refractivity contribution in [1.29, 1.82) is 0 Å². The number of ether oxygens (including phenoxy) is 3. The molecule has 1 aromatic heterocycles. The molecule has 0 spiro atoms. The lowest BCUT2D eigenvalue weighted by Gasteiger charge is -2.22. The number of aromatic nitrogens is 1. The van der Waals surface area contributed by atoms with Gasteiger partial charge in [-0.15, -0.1) is 0 Å². The van der Waals surface area contributed by atoms with Crippen molar-refractivity contribution in [2.24, 2.45) is 0 Å². The van der Waals surface area contributed by atoms with Gasteiger partial charge in [0.05, 0.1) is 32.8 Å². The second-order valence-electron chi connectivity index (χ2n) is 8.90. The lowest BCUT2D eigenvalue weighted by molar-refractivity contribution is -0.384. The lowest BCUT2D eigenvalue weighted by atomic mass is 10.1. The van der Waals surface area contributed by atoms with Gasteiger partial charge < -0.3 is 29.0 Å². The minimum Gasteiger partial charge on any atom is -0.497 e. The van der Waals surface area contributed by atoms with Crippen molar-refractivity contribution in [1.82, 2.24) is 15.4 Å². The van der Waals surface area contributed by atoms with E-state index in [4.69, 9.17) is 18.7 Å². The van der Waals surface area contributed by atoms with Gasteiger partial charge in [-0.1, -0.05) is 23.4 Å². The maximum Gasteiger partial charge on any atom is 0.273 e. The molecule has 0 aliphatic heterocycles. The zero-order valence-corrected chi connectivity index (χ0v) is 22.7. The number of nitrogens with zero attached hydrogens (tertiary/aromatic N) is 3. The van der Waals surface area contributed by atoms with Crippen molar-refractivity contribution in [2.75, 3.05) is 21.3 Å². The van der Waals surface area contributed by atoms with Crippen molar-refractivity contribution < 1.29 is 33.2 Å². The zero-order chi connectivity index (χ0) is 29.4. The van der Waals surface area contributed by atoms with Crippen LogP contribution in [-0.2, 0) is 19.6 Å². The number of non-ortho nitro benzene ring substituents is 1. The summed E-state index contributed by atoms with van der Waals surface area (Å²) in [4.78, 5) is 38.4. The number of nitro groups is 1. The molecule has 0 atom stereocenters. The minimum atomic E-state index is -0.568. The Hall–Kier alpha value is -5.39. The molecule has 12 heteroatoms. The molecule has 0 unspecified atom stereocenters. The number of hydrogen-bond donors (Lipinski definition) is 1. The van der Waals surface area contributed by atoms with Crippen LogP contribution < -0.4 is 19.5 Å². The van der Waals surface area contributed by atoms with E-state index in [1.165, 1.54) is 49.5 Å². The molecule has 1 heterocycles.